The lowest BCUT2D eigenvalue weighted by Gasteiger charge is -2.32. The van der Waals surface area contributed by atoms with E-state index in [1.165, 1.54) is 44.3 Å². The molecule has 0 bridgehead atoms. The number of likely N-dealkylation sites (tertiary alicyclic amines) is 1. The minimum Gasteiger partial charge on any atom is -0.493 e. The Hall–Kier alpha value is -1.02. The number of nitrogens with one attached hydrogen (secondary N) is 2. The molecule has 5 nitrogen and oxygen atoms in total. The van der Waals surface area contributed by atoms with Crippen molar-refractivity contribution < 1.29 is 4.74 Å². The number of guanidine groups is 1. The second kappa shape index (κ2) is 11.7. The summed E-state index contributed by atoms with van der Waals surface area (Å²) < 4.78 is 6.00. The molecular weight excluding hydrogens is 451 g/mol. The Balaban J connectivity index is 0.00000261. The number of nitrogens with zero attached hydrogens (tertiary/aromatic N) is 2. The van der Waals surface area contributed by atoms with E-state index in [4.69, 9.17) is 4.74 Å². The zero-order chi connectivity index (χ0) is 18.2. The summed E-state index contributed by atoms with van der Waals surface area (Å²) in [6, 6.07) is 8.31. The van der Waals surface area contributed by atoms with Gasteiger partial charge in [0.25, 0.3) is 0 Å². The highest BCUT2D eigenvalue weighted by Crippen LogP contribution is 2.30. The molecule has 1 atom stereocenters. The molecule has 1 aliphatic heterocycles. The molecule has 6 heteroatoms. The zero-order valence-corrected chi connectivity index (χ0v) is 19.1. The predicted molar refractivity (Wildman–Crippen MR) is 123 cm³/mol. The van der Waals surface area contributed by atoms with Crippen LogP contribution in [-0.4, -0.2) is 50.7 Å². The second-order valence-corrected chi connectivity index (χ2v) is 7.57. The topological polar surface area (TPSA) is 48.9 Å². The summed E-state index contributed by atoms with van der Waals surface area (Å²) in [6.45, 7) is 8.40. The Morgan fingerprint density at radius 3 is 2.74 bits per heavy atom. The van der Waals surface area contributed by atoms with Crippen molar-refractivity contribution in [2.24, 2.45) is 16.8 Å². The van der Waals surface area contributed by atoms with E-state index in [2.05, 4.69) is 45.6 Å². The molecule has 2 aliphatic rings. The third-order valence-corrected chi connectivity index (χ3v) is 5.42. The van der Waals surface area contributed by atoms with Crippen LogP contribution in [0.3, 0.4) is 0 Å². The lowest BCUT2D eigenvalue weighted by Crippen LogP contribution is -2.44. The van der Waals surface area contributed by atoms with E-state index in [-0.39, 0.29) is 24.0 Å². The van der Waals surface area contributed by atoms with Gasteiger partial charge in [-0.1, -0.05) is 25.1 Å². The SMILES string of the molecule is CCN1CCCC(CNC(=NC)NCc2ccccc2OCC2CC2)C1.I. The van der Waals surface area contributed by atoms with Gasteiger partial charge in [-0.3, -0.25) is 4.99 Å². The minimum atomic E-state index is 0. The summed E-state index contributed by atoms with van der Waals surface area (Å²) in [5, 5.41) is 6.94. The van der Waals surface area contributed by atoms with Gasteiger partial charge in [-0.05, 0) is 56.7 Å². The van der Waals surface area contributed by atoms with E-state index in [0.717, 1.165) is 43.9 Å². The van der Waals surface area contributed by atoms with Crippen molar-refractivity contribution in [1.82, 2.24) is 15.5 Å². The van der Waals surface area contributed by atoms with Gasteiger partial charge >= 0.3 is 0 Å². The second-order valence-electron chi connectivity index (χ2n) is 7.57. The number of piperidine rings is 1. The maximum absolute atomic E-state index is 6.00. The molecule has 1 aromatic carbocycles. The minimum absolute atomic E-state index is 0. The number of para-hydroxylation sites is 1. The van der Waals surface area contributed by atoms with Crippen LogP contribution in [0.15, 0.2) is 29.3 Å². The van der Waals surface area contributed by atoms with Crippen molar-refractivity contribution in [1.29, 1.82) is 0 Å². The summed E-state index contributed by atoms with van der Waals surface area (Å²) in [5.74, 6) is 3.34. The third-order valence-electron chi connectivity index (χ3n) is 5.42. The predicted octanol–water partition coefficient (Wildman–Crippen LogP) is 3.49. The van der Waals surface area contributed by atoms with Gasteiger partial charge in [-0.25, -0.2) is 0 Å². The highest BCUT2D eigenvalue weighted by Gasteiger charge is 2.22. The van der Waals surface area contributed by atoms with Gasteiger partial charge in [0, 0.05) is 32.2 Å². The number of hydrogen-bond donors (Lipinski definition) is 2. The Kier molecular flexibility index (Phi) is 9.68. The number of ether oxygens (including phenoxy) is 1. The Bertz CT molecular complexity index is 591. The van der Waals surface area contributed by atoms with E-state index >= 15 is 0 Å². The molecule has 0 radical (unpaired) electrons. The van der Waals surface area contributed by atoms with Crippen molar-refractivity contribution >= 4 is 29.9 Å². The van der Waals surface area contributed by atoms with E-state index < -0.39 is 0 Å². The molecule has 1 saturated carbocycles. The molecule has 1 unspecified atom stereocenters. The maximum atomic E-state index is 6.00. The van der Waals surface area contributed by atoms with Crippen molar-refractivity contribution in [3.63, 3.8) is 0 Å². The standard InChI is InChI=1S/C21H34N4O.HI/c1-3-25-12-6-7-18(15-25)13-23-21(22-2)24-14-19-8-4-5-9-20(19)26-16-17-10-11-17;/h4-5,8-9,17-18H,3,6-7,10-16H2,1-2H3,(H2,22,23,24);1H. The first-order chi connectivity index (χ1) is 12.8. The summed E-state index contributed by atoms with van der Waals surface area (Å²) >= 11 is 0. The molecule has 27 heavy (non-hydrogen) atoms. The van der Waals surface area contributed by atoms with Crippen molar-refractivity contribution in [3.05, 3.63) is 29.8 Å². The van der Waals surface area contributed by atoms with E-state index in [0.29, 0.717) is 5.92 Å². The fourth-order valence-electron chi connectivity index (χ4n) is 3.53. The summed E-state index contributed by atoms with van der Waals surface area (Å²) in [6.07, 6.45) is 5.23. The van der Waals surface area contributed by atoms with E-state index in [1.807, 2.05) is 13.1 Å². The largest absolute Gasteiger partial charge is 0.493 e. The first-order valence-corrected chi connectivity index (χ1v) is 10.2. The van der Waals surface area contributed by atoms with Crippen LogP contribution < -0.4 is 15.4 Å². The molecule has 2 fully saturated rings. The van der Waals surface area contributed by atoms with Crippen LogP contribution in [0.1, 0.15) is 38.2 Å². The smallest absolute Gasteiger partial charge is 0.191 e. The molecule has 0 spiro atoms. The fraction of sp³-hybridized carbons (Fsp3) is 0.667. The van der Waals surface area contributed by atoms with Crippen LogP contribution >= 0.6 is 24.0 Å². The monoisotopic (exact) mass is 486 g/mol. The lowest BCUT2D eigenvalue weighted by atomic mass is 9.98. The molecule has 2 N–H and O–H groups in total. The lowest BCUT2D eigenvalue weighted by molar-refractivity contribution is 0.183. The average Bonchev–Trinajstić information content (AvgIpc) is 3.52. The highest BCUT2D eigenvalue weighted by atomic mass is 127. The van der Waals surface area contributed by atoms with Crippen LogP contribution in [0.25, 0.3) is 0 Å². The van der Waals surface area contributed by atoms with Crippen LogP contribution in [0.5, 0.6) is 5.75 Å². The third kappa shape index (κ3) is 7.49. The molecule has 0 amide bonds. The normalized spacial score (nSPS) is 20.7. The quantitative estimate of drug-likeness (QED) is 0.336. The molecule has 3 rings (SSSR count). The van der Waals surface area contributed by atoms with Gasteiger partial charge in [-0.2, -0.15) is 0 Å². The van der Waals surface area contributed by atoms with Gasteiger partial charge in [0.2, 0.25) is 0 Å². The van der Waals surface area contributed by atoms with Crippen molar-refractivity contribution in [3.8, 4) is 5.75 Å². The van der Waals surface area contributed by atoms with Crippen molar-refractivity contribution in [2.75, 3.05) is 39.8 Å². The Labute approximate surface area is 181 Å². The molecule has 0 aromatic heterocycles. The average molecular weight is 486 g/mol. The van der Waals surface area contributed by atoms with Gasteiger partial charge in [0.05, 0.1) is 6.61 Å². The fourth-order valence-corrected chi connectivity index (χ4v) is 3.53. The van der Waals surface area contributed by atoms with Crippen LogP contribution in [0, 0.1) is 11.8 Å². The molecule has 1 heterocycles. The van der Waals surface area contributed by atoms with Crippen LogP contribution in [0.4, 0.5) is 0 Å². The van der Waals surface area contributed by atoms with Gasteiger partial charge in [0.15, 0.2) is 5.96 Å². The van der Waals surface area contributed by atoms with Crippen LogP contribution in [-0.2, 0) is 6.54 Å². The first-order valence-electron chi connectivity index (χ1n) is 10.2. The van der Waals surface area contributed by atoms with Gasteiger partial charge < -0.3 is 20.3 Å². The molecule has 1 aromatic rings. The van der Waals surface area contributed by atoms with E-state index in [1.54, 1.807) is 0 Å². The maximum Gasteiger partial charge on any atom is 0.191 e. The van der Waals surface area contributed by atoms with Crippen molar-refractivity contribution in [2.45, 2.75) is 39.2 Å². The number of halogens is 1. The Morgan fingerprint density at radius 2 is 2.00 bits per heavy atom. The molecule has 1 aliphatic carbocycles. The molecule has 1 saturated heterocycles. The Morgan fingerprint density at radius 1 is 1.19 bits per heavy atom. The molecule has 152 valence electrons. The number of rotatable bonds is 8. The summed E-state index contributed by atoms with van der Waals surface area (Å²) in [7, 11) is 1.84. The van der Waals surface area contributed by atoms with E-state index in [9.17, 15) is 0 Å². The summed E-state index contributed by atoms with van der Waals surface area (Å²) in [5.41, 5.74) is 1.19. The zero-order valence-electron chi connectivity index (χ0n) is 16.7. The van der Waals surface area contributed by atoms with Gasteiger partial charge in [-0.15, -0.1) is 24.0 Å². The summed E-state index contributed by atoms with van der Waals surface area (Å²) in [4.78, 5) is 6.92. The highest BCUT2D eigenvalue weighted by molar-refractivity contribution is 14.0. The number of benzene rings is 1. The first kappa shape index (κ1) is 22.3. The van der Waals surface area contributed by atoms with Crippen LogP contribution in [0.2, 0.25) is 0 Å². The molecular formula is C21H35IN4O. The number of aliphatic imine (C=N–C) groups is 1. The number of hydrogen-bond acceptors (Lipinski definition) is 3. The van der Waals surface area contributed by atoms with Gasteiger partial charge in [0.1, 0.15) is 5.75 Å².